The fourth-order valence-corrected chi connectivity index (χ4v) is 2.11. The normalized spacial score (nSPS) is 10.2. The Morgan fingerprint density at radius 3 is 2.60 bits per heavy atom. The van der Waals surface area contributed by atoms with Gasteiger partial charge in [0.15, 0.2) is 0 Å². The Morgan fingerprint density at radius 1 is 1.20 bits per heavy atom. The van der Waals surface area contributed by atoms with Crippen LogP contribution in [0.15, 0.2) is 40.1 Å². The predicted molar refractivity (Wildman–Crippen MR) is 87.5 cm³/mol. The molecule has 0 bridgehead atoms. The van der Waals surface area contributed by atoms with E-state index in [0.717, 1.165) is 10.6 Å². The highest BCUT2D eigenvalue weighted by atomic mass is 16.5. The van der Waals surface area contributed by atoms with Gasteiger partial charge in [-0.05, 0) is 17.7 Å². The van der Waals surface area contributed by atoms with Gasteiger partial charge in [0.2, 0.25) is 5.91 Å². The van der Waals surface area contributed by atoms with Gasteiger partial charge >= 0.3 is 11.7 Å². The minimum Gasteiger partial charge on any atom is -0.496 e. The number of methoxy groups -OCH3 is 2. The second-order valence-corrected chi connectivity index (χ2v) is 5.04. The largest absolute Gasteiger partial charge is 0.496 e. The van der Waals surface area contributed by atoms with Gasteiger partial charge in [0.25, 0.3) is 5.56 Å². The summed E-state index contributed by atoms with van der Waals surface area (Å²) in [5.74, 6) is -0.615. The molecular weight excluding hydrogens is 330 g/mol. The van der Waals surface area contributed by atoms with E-state index < -0.39 is 23.1 Å². The number of amides is 1. The maximum Gasteiger partial charge on any atom is 0.341 e. The van der Waals surface area contributed by atoms with Gasteiger partial charge in [-0.25, -0.2) is 9.59 Å². The summed E-state index contributed by atoms with van der Waals surface area (Å²) < 4.78 is 10.9. The number of aromatic amines is 1. The molecule has 0 fully saturated rings. The van der Waals surface area contributed by atoms with Gasteiger partial charge in [-0.15, -0.1) is 0 Å². The SMILES string of the molecule is COC(=O)c1cc(CNC(=O)Cn2ccc(=O)[nH]c2=O)ccc1OC. The van der Waals surface area contributed by atoms with Crippen molar-refractivity contribution in [3.8, 4) is 5.75 Å². The molecule has 0 saturated carbocycles. The molecule has 0 unspecified atom stereocenters. The fourth-order valence-electron chi connectivity index (χ4n) is 2.11. The van der Waals surface area contributed by atoms with Gasteiger partial charge in [0.1, 0.15) is 17.9 Å². The molecule has 2 rings (SSSR count). The molecule has 0 spiro atoms. The van der Waals surface area contributed by atoms with E-state index in [2.05, 4.69) is 15.0 Å². The number of esters is 1. The molecule has 132 valence electrons. The van der Waals surface area contributed by atoms with Crippen molar-refractivity contribution in [2.75, 3.05) is 14.2 Å². The molecule has 25 heavy (non-hydrogen) atoms. The first-order valence-corrected chi connectivity index (χ1v) is 7.26. The van der Waals surface area contributed by atoms with Crippen LogP contribution in [-0.2, 0) is 22.6 Å². The molecule has 2 N–H and O–H groups in total. The zero-order valence-corrected chi connectivity index (χ0v) is 13.7. The van der Waals surface area contributed by atoms with Crippen LogP contribution in [0.25, 0.3) is 0 Å². The molecule has 1 heterocycles. The minimum absolute atomic E-state index is 0.144. The number of ether oxygens (including phenoxy) is 2. The van der Waals surface area contributed by atoms with Crippen LogP contribution >= 0.6 is 0 Å². The van der Waals surface area contributed by atoms with Crippen molar-refractivity contribution in [2.24, 2.45) is 0 Å². The van der Waals surface area contributed by atoms with E-state index >= 15 is 0 Å². The lowest BCUT2D eigenvalue weighted by molar-refractivity contribution is -0.121. The topological polar surface area (TPSA) is 119 Å². The first kappa shape index (κ1) is 18.0. The van der Waals surface area contributed by atoms with Crippen molar-refractivity contribution >= 4 is 11.9 Å². The number of nitrogens with one attached hydrogen (secondary N) is 2. The first-order chi connectivity index (χ1) is 11.9. The molecule has 0 atom stereocenters. The number of hydrogen-bond acceptors (Lipinski definition) is 6. The maximum absolute atomic E-state index is 11.9. The Kier molecular flexibility index (Phi) is 5.72. The summed E-state index contributed by atoms with van der Waals surface area (Å²) in [5, 5.41) is 2.63. The molecule has 1 amide bonds. The van der Waals surface area contributed by atoms with Crippen LogP contribution in [-0.4, -0.2) is 35.6 Å². The zero-order chi connectivity index (χ0) is 18.4. The van der Waals surface area contributed by atoms with Crippen LogP contribution in [0.1, 0.15) is 15.9 Å². The van der Waals surface area contributed by atoms with E-state index in [1.165, 1.54) is 20.4 Å². The Balaban J connectivity index is 2.05. The molecule has 0 aliphatic heterocycles. The van der Waals surface area contributed by atoms with E-state index in [-0.39, 0.29) is 18.7 Å². The third kappa shape index (κ3) is 4.56. The molecule has 0 radical (unpaired) electrons. The van der Waals surface area contributed by atoms with Crippen molar-refractivity contribution in [2.45, 2.75) is 13.1 Å². The molecule has 2 aromatic rings. The third-order valence-corrected chi connectivity index (χ3v) is 3.37. The molecule has 1 aromatic carbocycles. The maximum atomic E-state index is 11.9. The van der Waals surface area contributed by atoms with Crippen LogP contribution in [0.5, 0.6) is 5.75 Å². The highest BCUT2D eigenvalue weighted by molar-refractivity contribution is 5.92. The average Bonchev–Trinajstić information content (AvgIpc) is 2.61. The van der Waals surface area contributed by atoms with Gasteiger partial charge in [0, 0.05) is 18.8 Å². The van der Waals surface area contributed by atoms with E-state index in [4.69, 9.17) is 4.74 Å². The smallest absolute Gasteiger partial charge is 0.341 e. The molecule has 9 heteroatoms. The fraction of sp³-hybridized carbons (Fsp3) is 0.250. The highest BCUT2D eigenvalue weighted by Crippen LogP contribution is 2.20. The van der Waals surface area contributed by atoms with Crippen molar-refractivity contribution in [1.82, 2.24) is 14.9 Å². The Hall–Kier alpha value is -3.36. The summed E-state index contributed by atoms with van der Waals surface area (Å²) >= 11 is 0. The third-order valence-electron chi connectivity index (χ3n) is 3.37. The molecule has 0 aliphatic carbocycles. The molecular formula is C16H17N3O6. The van der Waals surface area contributed by atoms with Gasteiger partial charge < -0.3 is 14.8 Å². The van der Waals surface area contributed by atoms with E-state index in [9.17, 15) is 19.2 Å². The lowest BCUT2D eigenvalue weighted by Crippen LogP contribution is -2.35. The molecule has 9 nitrogen and oxygen atoms in total. The lowest BCUT2D eigenvalue weighted by atomic mass is 10.1. The number of aromatic nitrogens is 2. The van der Waals surface area contributed by atoms with Crippen molar-refractivity contribution in [3.63, 3.8) is 0 Å². The highest BCUT2D eigenvalue weighted by Gasteiger charge is 2.14. The van der Waals surface area contributed by atoms with Gasteiger partial charge in [-0.3, -0.25) is 19.1 Å². The summed E-state index contributed by atoms with van der Waals surface area (Å²) in [6, 6.07) is 6.00. The number of benzene rings is 1. The predicted octanol–water partition coefficient (Wildman–Crippen LogP) is -0.352. The quantitative estimate of drug-likeness (QED) is 0.689. The number of carbonyl (C=O) groups is 2. The van der Waals surface area contributed by atoms with E-state index in [0.29, 0.717) is 11.3 Å². The van der Waals surface area contributed by atoms with E-state index in [1.807, 2.05) is 0 Å². The van der Waals surface area contributed by atoms with Crippen molar-refractivity contribution < 1.29 is 19.1 Å². The number of nitrogens with zero attached hydrogens (tertiary/aromatic N) is 1. The minimum atomic E-state index is -0.667. The summed E-state index contributed by atoms with van der Waals surface area (Å²) in [6.07, 6.45) is 1.24. The average molecular weight is 347 g/mol. The number of H-pyrrole nitrogens is 1. The lowest BCUT2D eigenvalue weighted by Gasteiger charge is -2.10. The standard InChI is InChI=1S/C16H17N3O6/c1-24-12-4-3-10(7-11(12)15(22)25-2)8-17-14(21)9-19-6-5-13(20)18-16(19)23/h3-7H,8-9H2,1-2H3,(H,17,21)(H,18,20,23). The number of rotatable bonds is 6. The van der Waals surface area contributed by atoms with Crippen molar-refractivity contribution in [3.05, 3.63) is 62.4 Å². The van der Waals surface area contributed by atoms with Crippen LogP contribution in [0, 0.1) is 0 Å². The van der Waals surface area contributed by atoms with Gasteiger partial charge in [-0.2, -0.15) is 0 Å². The second kappa shape index (κ2) is 7.95. The van der Waals surface area contributed by atoms with Crippen LogP contribution < -0.4 is 21.3 Å². The first-order valence-electron chi connectivity index (χ1n) is 7.26. The Bertz CT molecular complexity index is 899. The summed E-state index contributed by atoms with van der Waals surface area (Å²) in [4.78, 5) is 48.3. The Labute approximate surface area is 142 Å². The molecule has 0 aliphatic rings. The van der Waals surface area contributed by atoms with Crippen LogP contribution in [0.4, 0.5) is 0 Å². The zero-order valence-electron chi connectivity index (χ0n) is 13.7. The van der Waals surface area contributed by atoms with Gasteiger partial charge in [0.05, 0.1) is 14.2 Å². The van der Waals surface area contributed by atoms with Crippen LogP contribution in [0.2, 0.25) is 0 Å². The second-order valence-electron chi connectivity index (χ2n) is 5.04. The van der Waals surface area contributed by atoms with Crippen LogP contribution in [0.3, 0.4) is 0 Å². The van der Waals surface area contributed by atoms with E-state index in [1.54, 1.807) is 18.2 Å². The van der Waals surface area contributed by atoms with Crippen molar-refractivity contribution in [1.29, 1.82) is 0 Å². The van der Waals surface area contributed by atoms with Gasteiger partial charge in [-0.1, -0.05) is 6.07 Å². The number of hydrogen-bond donors (Lipinski definition) is 2. The summed E-state index contributed by atoms with van der Waals surface area (Å²) in [6.45, 7) is -0.0967. The summed E-state index contributed by atoms with van der Waals surface area (Å²) in [5.41, 5.74) is -0.299. The Morgan fingerprint density at radius 2 is 1.96 bits per heavy atom. The number of carbonyl (C=O) groups excluding carboxylic acids is 2. The molecule has 0 saturated heterocycles. The summed E-state index contributed by atoms with van der Waals surface area (Å²) in [7, 11) is 2.70. The monoisotopic (exact) mass is 347 g/mol. The molecule has 1 aromatic heterocycles.